The van der Waals surface area contributed by atoms with E-state index in [2.05, 4.69) is 29.4 Å². The Morgan fingerprint density at radius 1 is 1.17 bits per heavy atom. The number of hydrogen-bond acceptors (Lipinski definition) is 3. The Labute approximate surface area is 180 Å². The number of hydrogen-bond donors (Lipinski definition) is 1. The molecule has 2 aromatic heterocycles. The van der Waals surface area contributed by atoms with Crippen molar-refractivity contribution in [2.75, 3.05) is 5.32 Å². The van der Waals surface area contributed by atoms with Crippen molar-refractivity contribution in [3.8, 4) is 0 Å². The summed E-state index contributed by atoms with van der Waals surface area (Å²) in [7, 11) is 0. The molecule has 3 rings (SSSR count). The van der Waals surface area contributed by atoms with Crippen molar-refractivity contribution < 1.29 is 4.79 Å². The van der Waals surface area contributed by atoms with Gasteiger partial charge < -0.3 is 5.32 Å². The number of halogens is 2. The van der Waals surface area contributed by atoms with Crippen molar-refractivity contribution in [2.24, 2.45) is 5.92 Å². The van der Waals surface area contributed by atoms with Crippen LogP contribution in [0.2, 0.25) is 10.2 Å². The lowest BCUT2D eigenvalue weighted by Crippen LogP contribution is -2.13. The van der Waals surface area contributed by atoms with Gasteiger partial charge in [0.05, 0.1) is 18.4 Å². The van der Waals surface area contributed by atoms with Crippen LogP contribution in [-0.2, 0) is 17.9 Å². The Morgan fingerprint density at radius 3 is 2.59 bits per heavy atom. The first-order chi connectivity index (χ1) is 13.8. The number of aromatic nitrogens is 4. The second-order valence-corrected chi connectivity index (χ2v) is 7.98. The Morgan fingerprint density at radius 2 is 1.90 bits per heavy atom. The van der Waals surface area contributed by atoms with Crippen LogP contribution < -0.4 is 5.32 Å². The molecule has 1 aromatic carbocycles. The van der Waals surface area contributed by atoms with Crippen molar-refractivity contribution >= 4 is 41.0 Å². The number of benzene rings is 1. The maximum atomic E-state index is 12.4. The minimum atomic E-state index is -0.269. The number of amides is 1. The average molecular weight is 432 g/mol. The molecule has 1 N–H and O–H groups in total. The van der Waals surface area contributed by atoms with E-state index < -0.39 is 0 Å². The molecule has 0 fully saturated rings. The molecule has 6 nitrogen and oxygen atoms in total. The Balaban J connectivity index is 1.68. The molecule has 29 heavy (non-hydrogen) atoms. The highest BCUT2D eigenvalue weighted by molar-refractivity contribution is 6.31. The van der Waals surface area contributed by atoms with Crippen LogP contribution in [0, 0.1) is 12.8 Å². The highest BCUT2D eigenvalue weighted by Gasteiger charge is 2.13. The van der Waals surface area contributed by atoms with E-state index in [0.717, 1.165) is 23.4 Å². The molecule has 0 aliphatic carbocycles. The normalized spacial score (nSPS) is 11.5. The highest BCUT2D eigenvalue weighted by Crippen LogP contribution is 2.22. The van der Waals surface area contributed by atoms with Gasteiger partial charge in [-0.25, -0.2) is 4.68 Å². The van der Waals surface area contributed by atoms with Gasteiger partial charge in [-0.2, -0.15) is 10.2 Å². The van der Waals surface area contributed by atoms with Gasteiger partial charge in [-0.3, -0.25) is 9.48 Å². The molecule has 3 aromatic rings. The molecular formula is C21H23Cl2N5O. The molecule has 0 spiro atoms. The van der Waals surface area contributed by atoms with Crippen LogP contribution in [0.25, 0.3) is 6.08 Å². The van der Waals surface area contributed by atoms with Gasteiger partial charge in [-0.05, 0) is 36.6 Å². The number of rotatable bonds is 7. The smallest absolute Gasteiger partial charge is 0.249 e. The summed E-state index contributed by atoms with van der Waals surface area (Å²) >= 11 is 12.3. The largest absolute Gasteiger partial charge is 0.307 e. The van der Waals surface area contributed by atoms with E-state index in [1.807, 2.05) is 31.2 Å². The Hall–Kier alpha value is -2.57. The highest BCUT2D eigenvalue weighted by atomic mass is 35.5. The van der Waals surface area contributed by atoms with Crippen molar-refractivity contribution in [1.29, 1.82) is 0 Å². The average Bonchev–Trinajstić information content (AvgIpc) is 3.19. The first kappa shape index (κ1) is 21.1. The van der Waals surface area contributed by atoms with Crippen molar-refractivity contribution in [2.45, 2.75) is 33.9 Å². The number of aryl methyl sites for hydroxylation is 1. The summed E-state index contributed by atoms with van der Waals surface area (Å²) in [6.45, 7) is 7.33. The zero-order valence-electron chi connectivity index (χ0n) is 16.6. The topological polar surface area (TPSA) is 64.7 Å². The van der Waals surface area contributed by atoms with Gasteiger partial charge in [0, 0.05) is 29.3 Å². The van der Waals surface area contributed by atoms with Gasteiger partial charge in [0.25, 0.3) is 0 Å². The lowest BCUT2D eigenvalue weighted by molar-refractivity contribution is -0.111. The van der Waals surface area contributed by atoms with Gasteiger partial charge in [0.15, 0.2) is 0 Å². The first-order valence-corrected chi connectivity index (χ1v) is 10.1. The van der Waals surface area contributed by atoms with Gasteiger partial charge in [-0.1, -0.05) is 49.2 Å². The van der Waals surface area contributed by atoms with E-state index in [-0.39, 0.29) is 5.91 Å². The summed E-state index contributed by atoms with van der Waals surface area (Å²) in [6.07, 6.45) is 4.79. The van der Waals surface area contributed by atoms with E-state index in [9.17, 15) is 4.79 Å². The van der Waals surface area contributed by atoms with Crippen LogP contribution in [-0.4, -0.2) is 25.5 Å². The number of carbonyl (C=O) groups is 1. The number of nitrogens with zero attached hydrogens (tertiary/aromatic N) is 4. The quantitative estimate of drug-likeness (QED) is 0.532. The third kappa shape index (κ3) is 5.49. The summed E-state index contributed by atoms with van der Waals surface area (Å²) in [6, 6.07) is 9.25. The van der Waals surface area contributed by atoms with E-state index in [4.69, 9.17) is 23.2 Å². The van der Waals surface area contributed by atoms with Gasteiger partial charge >= 0.3 is 0 Å². The third-order valence-corrected chi connectivity index (χ3v) is 4.91. The molecule has 0 aliphatic rings. The van der Waals surface area contributed by atoms with Crippen molar-refractivity contribution in [1.82, 2.24) is 19.6 Å². The number of anilines is 1. The Bertz CT molecular complexity index is 1020. The summed E-state index contributed by atoms with van der Waals surface area (Å²) in [5, 5.41) is 12.8. The molecule has 0 saturated carbocycles. The standard InChI is InChI=1S/C21H23Cl2N5O/c1-14(2)12-28-21(23)18(15(3)26-28)8-9-20(29)25-19-10-11-24-27(19)13-16-4-6-17(22)7-5-16/h4-11,14H,12-13H2,1-3H3,(H,25,29)/b9-8+. The zero-order chi connectivity index (χ0) is 21.0. The minimum absolute atomic E-state index is 0.269. The minimum Gasteiger partial charge on any atom is -0.307 e. The van der Waals surface area contributed by atoms with E-state index in [1.165, 1.54) is 6.08 Å². The van der Waals surface area contributed by atoms with Crippen LogP contribution >= 0.6 is 23.2 Å². The first-order valence-electron chi connectivity index (χ1n) is 9.31. The lowest BCUT2D eigenvalue weighted by atomic mass is 10.2. The molecule has 0 unspecified atom stereocenters. The summed E-state index contributed by atoms with van der Waals surface area (Å²) in [4.78, 5) is 12.4. The molecule has 8 heteroatoms. The fourth-order valence-corrected chi connectivity index (χ4v) is 3.31. The van der Waals surface area contributed by atoms with E-state index >= 15 is 0 Å². The van der Waals surface area contributed by atoms with Crippen molar-refractivity contribution in [3.63, 3.8) is 0 Å². The summed E-state index contributed by atoms with van der Waals surface area (Å²) < 4.78 is 3.48. The second kappa shape index (κ2) is 9.29. The maximum Gasteiger partial charge on any atom is 0.249 e. The van der Waals surface area contributed by atoms with Gasteiger partial charge in [0.1, 0.15) is 11.0 Å². The second-order valence-electron chi connectivity index (χ2n) is 7.19. The molecule has 0 atom stereocenters. The molecule has 0 radical (unpaired) electrons. The zero-order valence-corrected chi connectivity index (χ0v) is 18.1. The van der Waals surface area contributed by atoms with Crippen LogP contribution in [0.4, 0.5) is 5.82 Å². The fourth-order valence-electron chi connectivity index (χ4n) is 2.88. The number of carbonyl (C=O) groups excluding carboxylic acids is 1. The molecule has 2 heterocycles. The van der Waals surface area contributed by atoms with Crippen LogP contribution in [0.1, 0.15) is 30.7 Å². The van der Waals surface area contributed by atoms with E-state index in [0.29, 0.717) is 28.5 Å². The van der Waals surface area contributed by atoms with Gasteiger partial charge in [-0.15, -0.1) is 0 Å². The SMILES string of the molecule is Cc1nn(CC(C)C)c(Cl)c1/C=C/C(=O)Nc1ccnn1Cc1ccc(Cl)cc1. The van der Waals surface area contributed by atoms with Crippen LogP contribution in [0.15, 0.2) is 42.6 Å². The Kier molecular flexibility index (Phi) is 6.77. The fraction of sp³-hybridized carbons (Fsp3) is 0.286. The van der Waals surface area contributed by atoms with E-state index in [1.54, 1.807) is 27.7 Å². The molecule has 0 saturated heterocycles. The molecule has 0 aliphatic heterocycles. The summed E-state index contributed by atoms with van der Waals surface area (Å²) in [5.41, 5.74) is 2.56. The molecular weight excluding hydrogens is 409 g/mol. The molecule has 1 amide bonds. The monoisotopic (exact) mass is 431 g/mol. The van der Waals surface area contributed by atoms with Crippen molar-refractivity contribution in [3.05, 3.63) is 69.6 Å². The lowest BCUT2D eigenvalue weighted by Gasteiger charge is -2.08. The maximum absolute atomic E-state index is 12.4. The third-order valence-electron chi connectivity index (χ3n) is 4.26. The predicted molar refractivity (Wildman–Crippen MR) is 117 cm³/mol. The molecule has 0 bridgehead atoms. The molecule has 152 valence electrons. The van der Waals surface area contributed by atoms with Crippen LogP contribution in [0.3, 0.4) is 0 Å². The summed E-state index contributed by atoms with van der Waals surface area (Å²) in [5.74, 6) is 0.760. The predicted octanol–water partition coefficient (Wildman–Crippen LogP) is 5.05. The van der Waals surface area contributed by atoms with Gasteiger partial charge in [0.2, 0.25) is 5.91 Å². The van der Waals surface area contributed by atoms with Crippen LogP contribution in [0.5, 0.6) is 0 Å². The number of nitrogens with one attached hydrogen (secondary N) is 1.